The van der Waals surface area contributed by atoms with Gasteiger partial charge in [-0.2, -0.15) is 0 Å². The molecule has 0 spiro atoms. The highest BCUT2D eigenvalue weighted by atomic mass is 79.9. The van der Waals surface area contributed by atoms with Crippen LogP contribution >= 0.6 is 15.9 Å². The Balaban J connectivity index is 1.62. The fourth-order valence-corrected chi connectivity index (χ4v) is 5.34. The van der Waals surface area contributed by atoms with Crippen LogP contribution in [0.1, 0.15) is 43.2 Å². The maximum Gasteiger partial charge on any atom is 0.261 e. The van der Waals surface area contributed by atoms with Gasteiger partial charge in [0.1, 0.15) is 6.04 Å². The molecule has 6 nitrogen and oxygen atoms in total. The normalized spacial score (nSPS) is 14.4. The van der Waals surface area contributed by atoms with E-state index >= 15 is 0 Å². The van der Waals surface area contributed by atoms with Gasteiger partial charge in [0.2, 0.25) is 5.91 Å². The van der Waals surface area contributed by atoms with Gasteiger partial charge in [-0.3, -0.25) is 9.59 Å². The topological polar surface area (TPSA) is 67.9 Å². The van der Waals surface area contributed by atoms with Crippen LogP contribution < -0.4 is 14.8 Å². The summed E-state index contributed by atoms with van der Waals surface area (Å²) in [7, 11) is 1.56. The molecule has 1 aliphatic rings. The smallest absolute Gasteiger partial charge is 0.261 e. The minimum atomic E-state index is -0.688. The highest BCUT2D eigenvalue weighted by Crippen LogP contribution is 2.26. The van der Waals surface area contributed by atoms with Crippen LogP contribution in [0, 0.1) is 0 Å². The summed E-state index contributed by atoms with van der Waals surface area (Å²) in [5, 5.41) is 3.26. The third-order valence-corrected chi connectivity index (χ3v) is 7.38. The van der Waals surface area contributed by atoms with Crippen molar-refractivity contribution in [3.8, 4) is 11.5 Å². The number of para-hydroxylation sites is 2. The lowest BCUT2D eigenvalue weighted by Crippen LogP contribution is -2.53. The third-order valence-electron chi connectivity index (χ3n) is 6.88. The number of ether oxygens (including phenoxy) is 2. The molecule has 1 unspecified atom stereocenters. The van der Waals surface area contributed by atoms with Gasteiger partial charge >= 0.3 is 0 Å². The summed E-state index contributed by atoms with van der Waals surface area (Å²) in [5.41, 5.74) is 1.92. The molecule has 2 amide bonds. The van der Waals surface area contributed by atoms with E-state index in [1.54, 1.807) is 24.1 Å². The minimum absolute atomic E-state index is 0.124. The van der Waals surface area contributed by atoms with Gasteiger partial charge in [-0.1, -0.05) is 89.8 Å². The first-order valence-electron chi connectivity index (χ1n) is 13.2. The molecule has 0 radical (unpaired) electrons. The lowest BCUT2D eigenvalue weighted by molar-refractivity contribution is -0.143. The molecule has 7 heteroatoms. The fraction of sp³-hybridized carbons (Fsp3) is 0.355. The molecule has 1 atom stereocenters. The van der Waals surface area contributed by atoms with E-state index in [1.165, 1.54) is 6.42 Å². The molecule has 0 heterocycles. The van der Waals surface area contributed by atoms with Crippen LogP contribution in [0.2, 0.25) is 0 Å². The van der Waals surface area contributed by atoms with E-state index in [0.29, 0.717) is 17.9 Å². The molecule has 38 heavy (non-hydrogen) atoms. The number of methoxy groups -OCH3 is 1. The van der Waals surface area contributed by atoms with Crippen molar-refractivity contribution in [1.29, 1.82) is 0 Å². The van der Waals surface area contributed by atoms with Crippen molar-refractivity contribution in [2.45, 2.75) is 57.2 Å². The van der Waals surface area contributed by atoms with E-state index in [0.717, 1.165) is 41.3 Å². The summed E-state index contributed by atoms with van der Waals surface area (Å²) >= 11 is 3.53. The molecule has 1 aliphatic carbocycles. The molecule has 200 valence electrons. The van der Waals surface area contributed by atoms with Crippen LogP contribution in [0.5, 0.6) is 11.5 Å². The second-order valence-electron chi connectivity index (χ2n) is 9.64. The fourth-order valence-electron chi connectivity index (χ4n) is 4.89. The Bertz CT molecular complexity index is 1200. The number of nitrogens with zero attached hydrogens (tertiary/aromatic N) is 1. The Morgan fingerprint density at radius 2 is 1.61 bits per heavy atom. The van der Waals surface area contributed by atoms with Gasteiger partial charge in [0, 0.05) is 23.5 Å². The Morgan fingerprint density at radius 1 is 0.921 bits per heavy atom. The summed E-state index contributed by atoms with van der Waals surface area (Å²) in [6, 6.07) is 24.3. The number of hydrogen-bond donors (Lipinski definition) is 1. The molecule has 1 fully saturated rings. The third kappa shape index (κ3) is 7.84. The lowest BCUT2D eigenvalue weighted by Gasteiger charge is -2.33. The van der Waals surface area contributed by atoms with Crippen LogP contribution in [-0.4, -0.2) is 42.5 Å². The quantitative estimate of drug-likeness (QED) is 0.306. The van der Waals surface area contributed by atoms with E-state index in [-0.39, 0.29) is 31.0 Å². The first kappa shape index (κ1) is 27.7. The van der Waals surface area contributed by atoms with Crippen molar-refractivity contribution in [3.63, 3.8) is 0 Å². The summed E-state index contributed by atoms with van der Waals surface area (Å²) in [6.45, 7) is 0.0690. The van der Waals surface area contributed by atoms with Crippen molar-refractivity contribution in [2.75, 3.05) is 13.7 Å². The second-order valence-corrected chi connectivity index (χ2v) is 10.6. The minimum Gasteiger partial charge on any atom is -0.493 e. The monoisotopic (exact) mass is 578 g/mol. The van der Waals surface area contributed by atoms with Crippen molar-refractivity contribution in [2.24, 2.45) is 0 Å². The van der Waals surface area contributed by atoms with Gasteiger partial charge in [-0.15, -0.1) is 0 Å². The number of hydrogen-bond acceptors (Lipinski definition) is 4. The number of benzene rings is 3. The standard InChI is InChI=1S/C31H35BrN2O4/c1-37-28-17-8-9-18-29(28)38-22-30(35)34(21-24-13-10-14-25(32)19-24)27(20-23-11-4-2-5-12-23)31(36)33-26-15-6-3-7-16-26/h2,4-5,8-14,17-19,26-27H,3,6-7,15-16,20-22H2,1H3,(H,33,36). The first-order chi connectivity index (χ1) is 18.5. The van der Waals surface area contributed by atoms with E-state index in [2.05, 4.69) is 21.2 Å². The summed E-state index contributed by atoms with van der Waals surface area (Å²) in [6.07, 6.45) is 5.78. The summed E-state index contributed by atoms with van der Waals surface area (Å²) in [5.74, 6) is 0.642. The van der Waals surface area contributed by atoms with Crippen LogP contribution in [-0.2, 0) is 22.6 Å². The molecule has 3 aromatic carbocycles. The Kier molecular flexibility index (Phi) is 10.2. The van der Waals surface area contributed by atoms with Crippen LogP contribution in [0.4, 0.5) is 0 Å². The van der Waals surface area contributed by atoms with E-state index in [4.69, 9.17) is 9.47 Å². The Labute approximate surface area is 233 Å². The van der Waals surface area contributed by atoms with E-state index in [9.17, 15) is 9.59 Å². The van der Waals surface area contributed by atoms with Crippen LogP contribution in [0.3, 0.4) is 0 Å². The van der Waals surface area contributed by atoms with E-state index < -0.39 is 6.04 Å². The van der Waals surface area contributed by atoms with Crippen LogP contribution in [0.25, 0.3) is 0 Å². The van der Waals surface area contributed by atoms with Gasteiger partial charge in [-0.05, 0) is 48.2 Å². The highest BCUT2D eigenvalue weighted by molar-refractivity contribution is 9.10. The summed E-state index contributed by atoms with van der Waals surface area (Å²) in [4.78, 5) is 29.3. The number of rotatable bonds is 11. The molecule has 0 saturated heterocycles. The first-order valence-corrected chi connectivity index (χ1v) is 14.0. The van der Waals surface area contributed by atoms with Crippen molar-refractivity contribution >= 4 is 27.7 Å². The average molecular weight is 580 g/mol. The zero-order valence-corrected chi connectivity index (χ0v) is 23.4. The average Bonchev–Trinajstić information content (AvgIpc) is 2.95. The largest absolute Gasteiger partial charge is 0.493 e. The number of amides is 2. The molecule has 3 aromatic rings. The van der Waals surface area contributed by atoms with Gasteiger partial charge in [-0.25, -0.2) is 0 Å². The molecule has 0 aliphatic heterocycles. The molecule has 0 aromatic heterocycles. The van der Waals surface area contributed by atoms with Crippen LogP contribution in [0.15, 0.2) is 83.3 Å². The van der Waals surface area contributed by atoms with Gasteiger partial charge in [0.15, 0.2) is 18.1 Å². The molecule has 0 bridgehead atoms. The zero-order valence-electron chi connectivity index (χ0n) is 21.8. The zero-order chi connectivity index (χ0) is 26.7. The SMILES string of the molecule is COc1ccccc1OCC(=O)N(Cc1cccc(Br)c1)C(Cc1ccccc1)C(=O)NC1CCCCC1. The number of halogens is 1. The number of carbonyl (C=O) groups is 2. The van der Waals surface area contributed by atoms with Crippen molar-refractivity contribution < 1.29 is 19.1 Å². The predicted molar refractivity (Wildman–Crippen MR) is 152 cm³/mol. The van der Waals surface area contributed by atoms with Crippen molar-refractivity contribution in [3.05, 3.63) is 94.5 Å². The van der Waals surface area contributed by atoms with Crippen molar-refractivity contribution in [1.82, 2.24) is 10.2 Å². The maximum atomic E-state index is 13.8. The molecular formula is C31H35BrN2O4. The Hall–Kier alpha value is -3.32. The Morgan fingerprint density at radius 3 is 2.32 bits per heavy atom. The second kappa shape index (κ2) is 14.0. The maximum absolute atomic E-state index is 13.8. The number of carbonyl (C=O) groups excluding carboxylic acids is 2. The molecule has 1 saturated carbocycles. The number of nitrogens with one attached hydrogen (secondary N) is 1. The van der Waals surface area contributed by atoms with E-state index in [1.807, 2.05) is 66.7 Å². The predicted octanol–water partition coefficient (Wildman–Crippen LogP) is 5.93. The lowest BCUT2D eigenvalue weighted by atomic mass is 9.94. The molecule has 4 rings (SSSR count). The summed E-state index contributed by atoms with van der Waals surface area (Å²) < 4.78 is 12.2. The highest BCUT2D eigenvalue weighted by Gasteiger charge is 2.32. The molecular weight excluding hydrogens is 544 g/mol. The molecule has 1 N–H and O–H groups in total. The van der Waals surface area contributed by atoms with Gasteiger partial charge in [0.25, 0.3) is 5.91 Å². The van der Waals surface area contributed by atoms with Gasteiger partial charge in [0.05, 0.1) is 7.11 Å². The van der Waals surface area contributed by atoms with Gasteiger partial charge < -0.3 is 19.7 Å².